The summed E-state index contributed by atoms with van der Waals surface area (Å²) < 4.78 is 0. The first-order chi connectivity index (χ1) is 9.65. The molecule has 4 atom stereocenters. The van der Waals surface area contributed by atoms with E-state index in [9.17, 15) is 14.7 Å². The Morgan fingerprint density at radius 1 is 1.00 bits per heavy atom. The number of urea groups is 1. The van der Waals surface area contributed by atoms with Crippen LogP contribution >= 0.6 is 0 Å². The molecule has 0 aromatic carbocycles. The van der Waals surface area contributed by atoms with Crippen LogP contribution in [0.1, 0.15) is 32.1 Å². The molecule has 2 amide bonds. The standard InChI is InChI=1S/C14H23N3O3/c18-13(19)11-8-1-2-9(7-8)12(11)17-14(20)16-10-3-5-15-6-4-10/h8-12,15H,1-7H2,(H,18,19)(H2,16,17,20). The van der Waals surface area contributed by atoms with Crippen LogP contribution in [0.25, 0.3) is 0 Å². The van der Waals surface area contributed by atoms with Gasteiger partial charge in [0, 0.05) is 12.1 Å². The smallest absolute Gasteiger partial charge is 0.315 e. The average molecular weight is 281 g/mol. The lowest BCUT2D eigenvalue weighted by Crippen LogP contribution is -2.53. The maximum absolute atomic E-state index is 12.1. The molecule has 1 heterocycles. The third-order valence-corrected chi connectivity index (χ3v) is 5.17. The van der Waals surface area contributed by atoms with Crippen LogP contribution < -0.4 is 16.0 Å². The largest absolute Gasteiger partial charge is 0.481 e. The summed E-state index contributed by atoms with van der Waals surface area (Å²) in [7, 11) is 0. The Morgan fingerprint density at radius 3 is 2.40 bits per heavy atom. The first-order valence-electron chi connectivity index (χ1n) is 7.65. The Labute approximate surface area is 118 Å². The number of aliphatic carboxylic acids is 1. The molecule has 112 valence electrons. The van der Waals surface area contributed by atoms with Crippen molar-refractivity contribution in [3.8, 4) is 0 Å². The first-order valence-corrected chi connectivity index (χ1v) is 7.65. The molecule has 6 heteroatoms. The molecule has 2 saturated carbocycles. The summed E-state index contributed by atoms with van der Waals surface area (Å²) >= 11 is 0. The van der Waals surface area contributed by atoms with Crippen LogP contribution in [-0.4, -0.2) is 42.3 Å². The summed E-state index contributed by atoms with van der Waals surface area (Å²) in [6.07, 6.45) is 4.87. The maximum Gasteiger partial charge on any atom is 0.315 e. The Balaban J connectivity index is 1.56. The Hall–Kier alpha value is -1.30. The van der Waals surface area contributed by atoms with Gasteiger partial charge >= 0.3 is 12.0 Å². The lowest BCUT2D eigenvalue weighted by Gasteiger charge is -2.30. The van der Waals surface area contributed by atoms with Gasteiger partial charge < -0.3 is 21.1 Å². The molecule has 0 aromatic rings. The lowest BCUT2D eigenvalue weighted by atomic mass is 9.84. The summed E-state index contributed by atoms with van der Waals surface area (Å²) in [5.74, 6) is -0.557. The normalized spacial score (nSPS) is 36.8. The van der Waals surface area contributed by atoms with E-state index >= 15 is 0 Å². The summed E-state index contributed by atoms with van der Waals surface area (Å²) in [5.41, 5.74) is 0. The summed E-state index contributed by atoms with van der Waals surface area (Å²) in [5, 5.41) is 18.5. The number of amides is 2. The number of fused-ring (bicyclic) bond motifs is 2. The number of rotatable bonds is 3. The van der Waals surface area contributed by atoms with E-state index in [4.69, 9.17) is 0 Å². The van der Waals surface area contributed by atoms with Crippen LogP contribution in [0.4, 0.5) is 4.79 Å². The van der Waals surface area contributed by atoms with E-state index < -0.39 is 11.9 Å². The number of nitrogens with one attached hydrogen (secondary N) is 3. The minimum Gasteiger partial charge on any atom is -0.481 e. The number of hydrogen-bond acceptors (Lipinski definition) is 3. The fraction of sp³-hybridized carbons (Fsp3) is 0.857. The second kappa shape index (κ2) is 5.60. The van der Waals surface area contributed by atoms with Gasteiger partial charge in [-0.3, -0.25) is 4.79 Å². The number of carbonyl (C=O) groups is 2. The van der Waals surface area contributed by atoms with Crippen LogP contribution in [0.2, 0.25) is 0 Å². The Kier molecular flexibility index (Phi) is 3.83. The zero-order valence-electron chi connectivity index (χ0n) is 11.6. The monoisotopic (exact) mass is 281 g/mol. The van der Waals surface area contributed by atoms with Gasteiger partial charge in [0.05, 0.1) is 5.92 Å². The van der Waals surface area contributed by atoms with E-state index in [0.29, 0.717) is 5.92 Å². The van der Waals surface area contributed by atoms with Crippen LogP contribution in [-0.2, 0) is 4.79 Å². The fourth-order valence-corrected chi connectivity index (χ4v) is 4.20. The van der Waals surface area contributed by atoms with Crippen molar-refractivity contribution in [3.63, 3.8) is 0 Å². The minimum absolute atomic E-state index is 0.187. The van der Waals surface area contributed by atoms with E-state index in [1.54, 1.807) is 0 Å². The summed E-state index contributed by atoms with van der Waals surface area (Å²) in [6, 6.07) is -0.174. The molecule has 4 unspecified atom stereocenters. The third kappa shape index (κ3) is 2.61. The number of carboxylic acid groups (broad SMARTS) is 1. The van der Waals surface area contributed by atoms with E-state index in [1.807, 2.05) is 0 Å². The molecule has 2 aliphatic carbocycles. The molecule has 0 radical (unpaired) electrons. The molecular formula is C14H23N3O3. The highest BCUT2D eigenvalue weighted by atomic mass is 16.4. The van der Waals surface area contributed by atoms with Crippen molar-refractivity contribution in [1.82, 2.24) is 16.0 Å². The van der Waals surface area contributed by atoms with E-state index in [2.05, 4.69) is 16.0 Å². The van der Waals surface area contributed by atoms with Crippen molar-refractivity contribution in [2.45, 2.75) is 44.2 Å². The van der Waals surface area contributed by atoms with E-state index in [1.165, 1.54) is 0 Å². The van der Waals surface area contributed by atoms with Gasteiger partial charge in [-0.15, -0.1) is 0 Å². The molecule has 6 nitrogen and oxygen atoms in total. The van der Waals surface area contributed by atoms with Gasteiger partial charge in [0.1, 0.15) is 0 Å². The number of piperidine rings is 1. The fourth-order valence-electron chi connectivity index (χ4n) is 4.20. The molecule has 1 saturated heterocycles. The zero-order chi connectivity index (χ0) is 14.1. The SMILES string of the molecule is O=C(NC1CCNCC1)NC1C2CCC(C2)C1C(=O)O. The van der Waals surface area contributed by atoms with Gasteiger partial charge in [-0.1, -0.05) is 0 Å². The molecule has 3 aliphatic rings. The van der Waals surface area contributed by atoms with Gasteiger partial charge in [0.25, 0.3) is 0 Å². The molecule has 0 aromatic heterocycles. The van der Waals surface area contributed by atoms with E-state index in [0.717, 1.165) is 45.2 Å². The molecule has 4 N–H and O–H groups in total. The molecule has 20 heavy (non-hydrogen) atoms. The van der Waals surface area contributed by atoms with Crippen molar-refractivity contribution in [1.29, 1.82) is 0 Å². The van der Waals surface area contributed by atoms with Gasteiger partial charge in [-0.2, -0.15) is 0 Å². The molecule has 3 fully saturated rings. The number of carboxylic acids is 1. The highest BCUT2D eigenvalue weighted by Crippen LogP contribution is 2.48. The molecular weight excluding hydrogens is 258 g/mol. The zero-order valence-corrected chi connectivity index (χ0v) is 11.6. The van der Waals surface area contributed by atoms with Crippen molar-refractivity contribution < 1.29 is 14.7 Å². The predicted molar refractivity (Wildman–Crippen MR) is 73.3 cm³/mol. The number of hydrogen-bond donors (Lipinski definition) is 4. The quantitative estimate of drug-likeness (QED) is 0.607. The van der Waals surface area contributed by atoms with Crippen molar-refractivity contribution in [2.24, 2.45) is 17.8 Å². The third-order valence-electron chi connectivity index (χ3n) is 5.17. The minimum atomic E-state index is -0.760. The second-order valence-corrected chi connectivity index (χ2v) is 6.37. The van der Waals surface area contributed by atoms with Gasteiger partial charge in [0.2, 0.25) is 0 Å². The van der Waals surface area contributed by atoms with Crippen LogP contribution in [0, 0.1) is 17.8 Å². The predicted octanol–water partition coefficient (Wildman–Crippen LogP) is 0.537. The van der Waals surface area contributed by atoms with Crippen LogP contribution in [0.5, 0.6) is 0 Å². The van der Waals surface area contributed by atoms with Gasteiger partial charge in [0.15, 0.2) is 0 Å². The highest BCUT2D eigenvalue weighted by molar-refractivity contribution is 5.77. The second-order valence-electron chi connectivity index (χ2n) is 6.37. The highest BCUT2D eigenvalue weighted by Gasteiger charge is 2.51. The van der Waals surface area contributed by atoms with Crippen LogP contribution in [0.15, 0.2) is 0 Å². The average Bonchev–Trinajstić information content (AvgIpc) is 3.00. The van der Waals surface area contributed by atoms with Crippen molar-refractivity contribution in [2.75, 3.05) is 13.1 Å². The molecule has 3 rings (SSSR count). The maximum atomic E-state index is 12.1. The van der Waals surface area contributed by atoms with Gasteiger partial charge in [-0.05, 0) is 57.0 Å². The van der Waals surface area contributed by atoms with E-state index in [-0.39, 0.29) is 24.0 Å². The molecule has 0 spiro atoms. The van der Waals surface area contributed by atoms with Crippen molar-refractivity contribution >= 4 is 12.0 Å². The molecule has 1 aliphatic heterocycles. The Bertz CT molecular complexity index is 395. The van der Waals surface area contributed by atoms with Crippen molar-refractivity contribution in [3.05, 3.63) is 0 Å². The first kappa shape index (κ1) is 13.7. The molecule has 2 bridgehead atoms. The van der Waals surface area contributed by atoms with Gasteiger partial charge in [-0.25, -0.2) is 4.79 Å². The Morgan fingerprint density at radius 2 is 1.70 bits per heavy atom. The summed E-state index contributed by atoms with van der Waals surface area (Å²) in [4.78, 5) is 23.5. The van der Waals surface area contributed by atoms with Crippen LogP contribution in [0.3, 0.4) is 0 Å². The summed E-state index contributed by atoms with van der Waals surface area (Å²) in [6.45, 7) is 1.85. The topological polar surface area (TPSA) is 90.5 Å². The number of carbonyl (C=O) groups excluding carboxylic acids is 1. The lowest BCUT2D eigenvalue weighted by molar-refractivity contribution is -0.144.